The van der Waals surface area contributed by atoms with Crippen molar-refractivity contribution in [2.24, 2.45) is 0 Å². The zero-order chi connectivity index (χ0) is 14.8. The number of hydrogen-bond acceptors (Lipinski definition) is 5. The molecule has 2 rings (SSSR count). The van der Waals surface area contributed by atoms with Gasteiger partial charge >= 0.3 is 0 Å². The molecular formula is C12H16N4O3S. The van der Waals surface area contributed by atoms with Crippen LogP contribution in [0.1, 0.15) is 5.69 Å². The van der Waals surface area contributed by atoms with Crippen molar-refractivity contribution in [2.45, 2.75) is 11.8 Å². The number of aliphatic hydroxyl groups is 1. The van der Waals surface area contributed by atoms with Crippen molar-refractivity contribution in [3.8, 4) is 5.69 Å². The predicted molar refractivity (Wildman–Crippen MR) is 75.0 cm³/mol. The standard InChI is InChI=1S/C12H16N4O3S/c1-9-8-12(13)16(15-9)10-2-4-11(5-3-10)20(18,19)14-6-7-17/h2-5,8,14,17H,6-7,13H2,1H3. The third-order valence-electron chi connectivity index (χ3n) is 2.65. The van der Waals surface area contributed by atoms with E-state index in [1.807, 2.05) is 6.92 Å². The van der Waals surface area contributed by atoms with Gasteiger partial charge in [0.05, 0.1) is 22.9 Å². The van der Waals surface area contributed by atoms with E-state index < -0.39 is 10.0 Å². The maximum atomic E-state index is 11.8. The van der Waals surface area contributed by atoms with Crippen LogP contribution in [0.2, 0.25) is 0 Å². The van der Waals surface area contributed by atoms with Gasteiger partial charge in [0, 0.05) is 12.6 Å². The molecule has 2 aromatic rings. The lowest BCUT2D eigenvalue weighted by atomic mass is 10.3. The van der Waals surface area contributed by atoms with E-state index in [0.29, 0.717) is 11.5 Å². The fraction of sp³-hybridized carbons (Fsp3) is 0.250. The number of rotatable bonds is 5. The molecule has 0 radical (unpaired) electrons. The SMILES string of the molecule is Cc1cc(N)n(-c2ccc(S(=O)(=O)NCCO)cc2)n1. The van der Waals surface area contributed by atoms with Crippen LogP contribution in [0, 0.1) is 6.92 Å². The van der Waals surface area contributed by atoms with Crippen molar-refractivity contribution < 1.29 is 13.5 Å². The molecular weight excluding hydrogens is 280 g/mol. The molecule has 0 amide bonds. The van der Waals surface area contributed by atoms with Crippen molar-refractivity contribution in [1.29, 1.82) is 0 Å². The summed E-state index contributed by atoms with van der Waals surface area (Å²) in [5.74, 6) is 0.483. The lowest BCUT2D eigenvalue weighted by molar-refractivity contribution is 0.301. The minimum atomic E-state index is -3.60. The average Bonchev–Trinajstić information content (AvgIpc) is 2.76. The van der Waals surface area contributed by atoms with Crippen molar-refractivity contribution >= 4 is 15.8 Å². The summed E-state index contributed by atoms with van der Waals surface area (Å²) in [6.45, 7) is 1.56. The van der Waals surface area contributed by atoms with Crippen LogP contribution in [0.5, 0.6) is 0 Å². The zero-order valence-corrected chi connectivity index (χ0v) is 11.8. The second-order valence-electron chi connectivity index (χ2n) is 4.24. The maximum Gasteiger partial charge on any atom is 0.240 e. The van der Waals surface area contributed by atoms with Gasteiger partial charge in [-0.1, -0.05) is 0 Å². The van der Waals surface area contributed by atoms with Crippen molar-refractivity contribution in [1.82, 2.24) is 14.5 Å². The number of nitrogens with two attached hydrogens (primary N) is 1. The Morgan fingerprint density at radius 2 is 2.00 bits per heavy atom. The van der Waals surface area contributed by atoms with Gasteiger partial charge in [-0.05, 0) is 31.2 Å². The van der Waals surface area contributed by atoms with Crippen LogP contribution in [-0.2, 0) is 10.0 Å². The molecule has 1 heterocycles. The number of anilines is 1. The molecule has 0 aliphatic rings. The number of aliphatic hydroxyl groups excluding tert-OH is 1. The van der Waals surface area contributed by atoms with E-state index >= 15 is 0 Å². The third kappa shape index (κ3) is 2.98. The summed E-state index contributed by atoms with van der Waals surface area (Å²) < 4.78 is 27.5. The van der Waals surface area contributed by atoms with E-state index in [0.717, 1.165) is 5.69 Å². The number of aryl methyl sites for hydroxylation is 1. The molecule has 7 nitrogen and oxygen atoms in total. The molecule has 0 saturated carbocycles. The van der Waals surface area contributed by atoms with E-state index in [1.54, 1.807) is 18.2 Å². The smallest absolute Gasteiger partial charge is 0.240 e. The number of nitrogen functional groups attached to an aromatic ring is 1. The highest BCUT2D eigenvalue weighted by molar-refractivity contribution is 7.89. The molecule has 1 aromatic heterocycles. The lowest BCUT2D eigenvalue weighted by Gasteiger charge is -2.07. The Morgan fingerprint density at radius 1 is 1.35 bits per heavy atom. The second-order valence-corrected chi connectivity index (χ2v) is 6.00. The van der Waals surface area contributed by atoms with Gasteiger partial charge < -0.3 is 10.8 Å². The molecule has 0 spiro atoms. The predicted octanol–water partition coefficient (Wildman–Crippen LogP) is 0.0335. The Balaban J connectivity index is 2.29. The molecule has 20 heavy (non-hydrogen) atoms. The van der Waals surface area contributed by atoms with Gasteiger partial charge in [0.25, 0.3) is 0 Å². The molecule has 0 saturated heterocycles. The minimum absolute atomic E-state index is 0.0185. The number of sulfonamides is 1. The summed E-state index contributed by atoms with van der Waals surface area (Å²) in [5.41, 5.74) is 7.26. The normalized spacial score (nSPS) is 11.7. The Labute approximate surface area is 117 Å². The largest absolute Gasteiger partial charge is 0.395 e. The van der Waals surface area contributed by atoms with Crippen LogP contribution in [-0.4, -0.2) is 36.5 Å². The molecule has 108 valence electrons. The first-order valence-corrected chi connectivity index (χ1v) is 7.45. The highest BCUT2D eigenvalue weighted by atomic mass is 32.2. The number of hydrogen-bond donors (Lipinski definition) is 3. The number of aromatic nitrogens is 2. The molecule has 0 fully saturated rings. The van der Waals surface area contributed by atoms with Crippen molar-refractivity contribution in [3.63, 3.8) is 0 Å². The summed E-state index contributed by atoms with van der Waals surface area (Å²) in [7, 11) is -3.60. The first-order valence-electron chi connectivity index (χ1n) is 5.97. The van der Waals surface area contributed by atoms with Crippen LogP contribution < -0.4 is 10.5 Å². The van der Waals surface area contributed by atoms with Gasteiger partial charge in [-0.3, -0.25) is 0 Å². The summed E-state index contributed by atoms with van der Waals surface area (Å²) in [6, 6.07) is 7.90. The fourth-order valence-corrected chi connectivity index (χ4v) is 2.78. The van der Waals surface area contributed by atoms with E-state index in [-0.39, 0.29) is 18.0 Å². The number of nitrogens with zero attached hydrogens (tertiary/aromatic N) is 2. The van der Waals surface area contributed by atoms with E-state index in [4.69, 9.17) is 10.8 Å². The summed E-state index contributed by atoms with van der Waals surface area (Å²) in [5, 5.41) is 12.9. The fourth-order valence-electron chi connectivity index (χ4n) is 1.76. The summed E-state index contributed by atoms with van der Waals surface area (Å²) in [4.78, 5) is 0.122. The van der Waals surface area contributed by atoms with Gasteiger partial charge in [-0.25, -0.2) is 17.8 Å². The highest BCUT2D eigenvalue weighted by Gasteiger charge is 2.13. The molecule has 0 aliphatic carbocycles. The molecule has 0 bridgehead atoms. The molecule has 1 aromatic carbocycles. The van der Waals surface area contributed by atoms with Gasteiger partial charge in [0.2, 0.25) is 10.0 Å². The molecule has 0 atom stereocenters. The van der Waals surface area contributed by atoms with Crippen LogP contribution >= 0.6 is 0 Å². The third-order valence-corrected chi connectivity index (χ3v) is 4.13. The highest BCUT2D eigenvalue weighted by Crippen LogP contribution is 2.17. The van der Waals surface area contributed by atoms with Crippen LogP contribution in [0.4, 0.5) is 5.82 Å². The second kappa shape index (κ2) is 5.61. The van der Waals surface area contributed by atoms with Gasteiger partial charge in [-0.2, -0.15) is 5.10 Å². The average molecular weight is 296 g/mol. The van der Waals surface area contributed by atoms with Crippen molar-refractivity contribution in [3.05, 3.63) is 36.0 Å². The minimum Gasteiger partial charge on any atom is -0.395 e. The van der Waals surface area contributed by atoms with Crippen LogP contribution in [0.3, 0.4) is 0 Å². The molecule has 0 unspecified atom stereocenters. The Bertz CT molecular complexity index is 692. The van der Waals surface area contributed by atoms with Gasteiger partial charge in [0.15, 0.2) is 0 Å². The summed E-state index contributed by atoms with van der Waals surface area (Å²) >= 11 is 0. The first kappa shape index (κ1) is 14.5. The monoisotopic (exact) mass is 296 g/mol. The van der Waals surface area contributed by atoms with Gasteiger partial charge in [-0.15, -0.1) is 0 Å². The zero-order valence-electron chi connectivity index (χ0n) is 10.9. The van der Waals surface area contributed by atoms with Gasteiger partial charge in [0.1, 0.15) is 5.82 Å². The Morgan fingerprint density at radius 3 is 2.50 bits per heavy atom. The Kier molecular flexibility index (Phi) is 4.07. The number of nitrogens with one attached hydrogen (secondary N) is 1. The van der Waals surface area contributed by atoms with E-state index in [2.05, 4.69) is 9.82 Å². The van der Waals surface area contributed by atoms with Crippen LogP contribution in [0.25, 0.3) is 5.69 Å². The number of benzene rings is 1. The summed E-state index contributed by atoms with van der Waals surface area (Å²) in [6.07, 6.45) is 0. The van der Waals surface area contributed by atoms with E-state index in [1.165, 1.54) is 16.8 Å². The quantitative estimate of drug-likeness (QED) is 0.721. The molecule has 4 N–H and O–H groups in total. The van der Waals surface area contributed by atoms with Crippen molar-refractivity contribution in [2.75, 3.05) is 18.9 Å². The molecule has 0 aliphatic heterocycles. The lowest BCUT2D eigenvalue weighted by Crippen LogP contribution is -2.26. The first-order chi connectivity index (χ1) is 9.44. The topological polar surface area (TPSA) is 110 Å². The van der Waals surface area contributed by atoms with Crippen LogP contribution in [0.15, 0.2) is 35.2 Å². The molecule has 8 heteroatoms. The maximum absolute atomic E-state index is 11.8. The Hall–Kier alpha value is -1.90. The van der Waals surface area contributed by atoms with E-state index in [9.17, 15) is 8.42 Å².